The van der Waals surface area contributed by atoms with Crippen molar-refractivity contribution in [1.29, 1.82) is 0 Å². The summed E-state index contributed by atoms with van der Waals surface area (Å²) in [6.07, 6.45) is 38.0. The molecule has 0 aliphatic heterocycles. The second-order valence-corrected chi connectivity index (χ2v) is 22.5. The fourth-order valence-electron chi connectivity index (χ4n) is 5.47. The Kier molecular flexibility index (Phi) is 23.0. The molecule has 0 saturated carbocycles. The van der Waals surface area contributed by atoms with Crippen LogP contribution in [0.15, 0.2) is 0 Å². The van der Waals surface area contributed by atoms with Crippen LogP contribution < -0.4 is 0 Å². The first-order valence-corrected chi connectivity index (χ1v) is 20.3. The summed E-state index contributed by atoms with van der Waals surface area (Å²) in [5.74, 6) is 0. The maximum absolute atomic E-state index is 4.73. The van der Waals surface area contributed by atoms with Gasteiger partial charge < -0.3 is 0 Å². The van der Waals surface area contributed by atoms with Crippen LogP contribution in [-0.2, 0) is 0 Å². The summed E-state index contributed by atoms with van der Waals surface area (Å²) in [5, 5.41) is -1.73. The number of unbranched alkanes of at least 4 members (excludes halogenated alkanes) is 18. The topological polar surface area (TPSA) is 0 Å². The summed E-state index contributed by atoms with van der Waals surface area (Å²) < 4.78 is 0. The van der Waals surface area contributed by atoms with E-state index < -0.39 is 5.31 Å². The molecule has 0 nitrogen and oxygen atoms in total. The molecule has 0 aliphatic rings. The molecular weight excluding hydrogens is 471 g/mol. The van der Waals surface area contributed by atoms with Crippen LogP contribution >= 0.6 is 20.8 Å². The number of rotatable bonds is 26. The predicted molar refractivity (Wildman–Crippen MR) is 160 cm³/mol. The van der Waals surface area contributed by atoms with Crippen LogP contribution in [-0.4, -0.2) is 24.6 Å². The average Bonchev–Trinajstić information content (AvgIpc) is 2.78. The van der Waals surface area contributed by atoms with Crippen LogP contribution in [0.4, 0.5) is 0 Å². The molecular formula is C30H64BrP. The van der Waals surface area contributed by atoms with Crippen LogP contribution in [0.25, 0.3) is 0 Å². The quantitative estimate of drug-likeness (QED) is 0.0763. The molecule has 0 amide bonds. The molecule has 0 aromatic rings. The third kappa shape index (κ3) is 18.3. The zero-order valence-corrected chi connectivity index (χ0v) is 25.7. The summed E-state index contributed by atoms with van der Waals surface area (Å²) >= 11 is 4.73. The number of halogens is 1. The second-order valence-electron chi connectivity index (χ2n) is 11.1. The molecule has 196 valence electrons. The summed E-state index contributed by atoms with van der Waals surface area (Å²) in [6, 6.07) is 0. The minimum atomic E-state index is -1.73. The van der Waals surface area contributed by atoms with Crippen molar-refractivity contribution in [3.05, 3.63) is 0 Å². The van der Waals surface area contributed by atoms with Gasteiger partial charge in [0, 0.05) is 0 Å². The Morgan fingerprint density at radius 3 is 0.719 bits per heavy atom. The van der Waals surface area contributed by atoms with Gasteiger partial charge >= 0.3 is 214 Å². The third-order valence-electron chi connectivity index (χ3n) is 7.78. The van der Waals surface area contributed by atoms with E-state index in [9.17, 15) is 0 Å². The fourth-order valence-corrected chi connectivity index (χ4v) is 13.9. The van der Waals surface area contributed by atoms with E-state index in [2.05, 4.69) is 27.7 Å². The van der Waals surface area contributed by atoms with Gasteiger partial charge in [-0.1, -0.05) is 0 Å². The Labute approximate surface area is 213 Å². The number of hydrogen-bond acceptors (Lipinski definition) is 0. The van der Waals surface area contributed by atoms with Crippen molar-refractivity contribution >= 4 is 20.8 Å². The van der Waals surface area contributed by atoms with E-state index in [-0.39, 0.29) is 0 Å². The standard InChI is InChI=1S/C30H64BrP/c1-5-9-13-17-18-22-26-30-32(31,27-23-19-14-10-6-2,28-24-20-15-11-7-3)29-25-21-16-12-8-4/h5-30H2,1-4H3. The molecule has 0 bridgehead atoms. The molecule has 0 spiro atoms. The van der Waals surface area contributed by atoms with E-state index in [1.807, 2.05) is 0 Å². The van der Waals surface area contributed by atoms with Crippen LogP contribution in [0.3, 0.4) is 0 Å². The Morgan fingerprint density at radius 2 is 0.500 bits per heavy atom. The summed E-state index contributed by atoms with van der Waals surface area (Å²) in [6.45, 7) is 9.36. The van der Waals surface area contributed by atoms with E-state index in [1.54, 1.807) is 24.6 Å². The molecule has 32 heavy (non-hydrogen) atoms. The van der Waals surface area contributed by atoms with Crippen LogP contribution in [0.2, 0.25) is 0 Å². The maximum atomic E-state index is 4.73. The van der Waals surface area contributed by atoms with Crippen molar-refractivity contribution in [2.45, 2.75) is 169 Å². The van der Waals surface area contributed by atoms with Crippen molar-refractivity contribution in [3.63, 3.8) is 0 Å². The molecule has 0 atom stereocenters. The minimum absolute atomic E-state index is 1.37. The Morgan fingerprint density at radius 1 is 0.312 bits per heavy atom. The summed E-state index contributed by atoms with van der Waals surface area (Å²) in [4.78, 5) is 0. The van der Waals surface area contributed by atoms with Gasteiger partial charge in [0.1, 0.15) is 0 Å². The second kappa shape index (κ2) is 22.4. The molecule has 0 heterocycles. The van der Waals surface area contributed by atoms with E-state index >= 15 is 0 Å². The van der Waals surface area contributed by atoms with Crippen LogP contribution in [0.1, 0.15) is 169 Å². The molecule has 0 unspecified atom stereocenters. The van der Waals surface area contributed by atoms with Gasteiger partial charge in [0.2, 0.25) is 0 Å². The van der Waals surface area contributed by atoms with Gasteiger partial charge in [-0.3, -0.25) is 0 Å². The molecule has 0 saturated heterocycles. The van der Waals surface area contributed by atoms with E-state index in [4.69, 9.17) is 15.5 Å². The van der Waals surface area contributed by atoms with Crippen LogP contribution in [0, 0.1) is 0 Å². The van der Waals surface area contributed by atoms with Gasteiger partial charge in [0.05, 0.1) is 0 Å². The molecule has 0 rings (SSSR count). The molecule has 0 radical (unpaired) electrons. The number of hydrogen-bond donors (Lipinski definition) is 0. The van der Waals surface area contributed by atoms with E-state index in [1.165, 1.54) is 141 Å². The normalized spacial score (nSPS) is 13.3. The molecule has 0 N–H and O–H groups in total. The summed E-state index contributed by atoms with van der Waals surface area (Å²) in [7, 11) is 0. The van der Waals surface area contributed by atoms with Gasteiger partial charge in [-0.2, -0.15) is 0 Å². The first-order chi connectivity index (χ1) is 15.5. The molecule has 0 aliphatic carbocycles. The van der Waals surface area contributed by atoms with E-state index in [0.717, 1.165) is 0 Å². The molecule has 0 aromatic carbocycles. The molecule has 2 heteroatoms. The zero-order valence-electron chi connectivity index (χ0n) is 23.2. The monoisotopic (exact) mass is 534 g/mol. The van der Waals surface area contributed by atoms with Gasteiger partial charge in [0.25, 0.3) is 0 Å². The Balaban J connectivity index is 4.95. The van der Waals surface area contributed by atoms with Gasteiger partial charge in [-0.05, 0) is 0 Å². The Bertz CT molecular complexity index is 342. The van der Waals surface area contributed by atoms with Crippen molar-refractivity contribution < 1.29 is 0 Å². The van der Waals surface area contributed by atoms with Crippen molar-refractivity contribution in [3.8, 4) is 0 Å². The van der Waals surface area contributed by atoms with Gasteiger partial charge in [-0.25, -0.2) is 0 Å². The van der Waals surface area contributed by atoms with E-state index in [0.29, 0.717) is 0 Å². The van der Waals surface area contributed by atoms with Crippen molar-refractivity contribution in [1.82, 2.24) is 0 Å². The average molecular weight is 536 g/mol. The van der Waals surface area contributed by atoms with Gasteiger partial charge in [0.15, 0.2) is 0 Å². The SMILES string of the molecule is CCCCCCCCCP(Br)(CCCCCCC)(CCCCCCC)CCCCCCC. The molecule has 0 aromatic heterocycles. The first kappa shape index (κ1) is 32.9. The predicted octanol–water partition coefficient (Wildman–Crippen LogP) is 12.5. The molecule has 0 fully saturated rings. The van der Waals surface area contributed by atoms with Crippen molar-refractivity contribution in [2.24, 2.45) is 0 Å². The van der Waals surface area contributed by atoms with Crippen LogP contribution in [0.5, 0.6) is 0 Å². The van der Waals surface area contributed by atoms with Crippen molar-refractivity contribution in [2.75, 3.05) is 24.6 Å². The summed E-state index contributed by atoms with van der Waals surface area (Å²) in [5.41, 5.74) is 0. The zero-order chi connectivity index (χ0) is 23.8. The third-order valence-corrected chi connectivity index (χ3v) is 17.8. The first-order valence-electron chi connectivity index (χ1n) is 15.3. The van der Waals surface area contributed by atoms with Gasteiger partial charge in [-0.15, -0.1) is 0 Å². The Hall–Kier alpha value is 0.910. The fraction of sp³-hybridized carbons (Fsp3) is 1.00.